The first-order chi connectivity index (χ1) is 18.0. The topological polar surface area (TPSA) is 94.6 Å². The molecule has 37 heavy (non-hydrogen) atoms. The highest BCUT2D eigenvalue weighted by Crippen LogP contribution is 2.40. The molecule has 2 heterocycles. The number of pyridine rings is 2. The number of halogens is 1. The van der Waals surface area contributed by atoms with Crippen LogP contribution in [0.15, 0.2) is 79.1 Å². The Labute approximate surface area is 213 Å². The molecule has 0 unspecified atom stereocenters. The number of rotatable bonds is 10. The lowest BCUT2D eigenvalue weighted by molar-refractivity contribution is 0.104. The fourth-order valence-corrected chi connectivity index (χ4v) is 3.58. The van der Waals surface area contributed by atoms with Crippen molar-refractivity contribution in [1.29, 1.82) is 0 Å². The van der Waals surface area contributed by atoms with E-state index in [9.17, 15) is 9.18 Å². The summed E-state index contributed by atoms with van der Waals surface area (Å²) in [6, 6.07) is 16.3. The number of nitrogens with zero attached hydrogens (tertiary/aromatic N) is 2. The first-order valence-electron chi connectivity index (χ1n) is 11.2. The second-order valence-corrected chi connectivity index (χ2v) is 7.71. The summed E-state index contributed by atoms with van der Waals surface area (Å²) in [7, 11) is 4.58. The van der Waals surface area contributed by atoms with Gasteiger partial charge in [-0.3, -0.25) is 4.79 Å². The molecule has 0 amide bonds. The maximum absolute atomic E-state index is 13.2. The summed E-state index contributed by atoms with van der Waals surface area (Å²) in [5, 5.41) is 6.30. The van der Waals surface area contributed by atoms with E-state index in [1.807, 2.05) is 6.07 Å². The monoisotopic (exact) mass is 500 g/mol. The molecule has 0 aliphatic rings. The van der Waals surface area contributed by atoms with Crippen molar-refractivity contribution in [2.24, 2.45) is 0 Å². The van der Waals surface area contributed by atoms with Gasteiger partial charge in [0.05, 0.1) is 26.9 Å². The Morgan fingerprint density at radius 2 is 1.43 bits per heavy atom. The number of nitrogens with one attached hydrogen (secondary N) is 2. The molecule has 9 heteroatoms. The number of hydrogen-bond acceptors (Lipinski definition) is 8. The molecule has 0 saturated carbocycles. The lowest BCUT2D eigenvalue weighted by Gasteiger charge is -2.15. The second kappa shape index (κ2) is 11.7. The van der Waals surface area contributed by atoms with Gasteiger partial charge in [-0.25, -0.2) is 14.4 Å². The van der Waals surface area contributed by atoms with Crippen molar-refractivity contribution < 1.29 is 23.4 Å². The molecule has 4 rings (SSSR count). The van der Waals surface area contributed by atoms with E-state index in [2.05, 4.69) is 20.6 Å². The quantitative estimate of drug-likeness (QED) is 0.202. The first-order valence-corrected chi connectivity index (χ1v) is 11.2. The number of ketones is 1. The number of hydrogen-bond donors (Lipinski definition) is 2. The van der Waals surface area contributed by atoms with Crippen molar-refractivity contribution in [3.8, 4) is 17.2 Å². The Balaban J connectivity index is 1.58. The second-order valence-electron chi connectivity index (χ2n) is 7.71. The number of anilines is 4. The van der Waals surface area contributed by atoms with Crippen molar-refractivity contribution >= 4 is 34.9 Å². The van der Waals surface area contributed by atoms with Crippen molar-refractivity contribution in [3.05, 3.63) is 96.1 Å². The molecular formula is C28H25FN4O4. The first kappa shape index (κ1) is 25.2. The van der Waals surface area contributed by atoms with Crippen LogP contribution in [-0.2, 0) is 0 Å². The predicted octanol–water partition coefficient (Wildman–Crippen LogP) is 6.02. The molecule has 0 aliphatic heterocycles. The summed E-state index contributed by atoms with van der Waals surface area (Å²) < 4.78 is 29.4. The summed E-state index contributed by atoms with van der Waals surface area (Å²) in [5.41, 5.74) is 2.32. The van der Waals surface area contributed by atoms with Gasteiger partial charge in [0.2, 0.25) is 5.75 Å². The molecule has 2 N–H and O–H groups in total. The number of carbonyl (C=O) groups excluding carboxylic acids is 1. The van der Waals surface area contributed by atoms with E-state index in [-0.39, 0.29) is 11.6 Å². The van der Waals surface area contributed by atoms with Crippen LogP contribution in [0, 0.1) is 5.82 Å². The largest absolute Gasteiger partial charge is 0.493 e. The van der Waals surface area contributed by atoms with Crippen molar-refractivity contribution in [2.45, 2.75) is 0 Å². The lowest BCUT2D eigenvalue weighted by atomic mass is 10.1. The van der Waals surface area contributed by atoms with Crippen LogP contribution in [0.2, 0.25) is 0 Å². The minimum atomic E-state index is -0.329. The molecular weight excluding hydrogens is 475 g/mol. The number of methoxy groups -OCH3 is 3. The van der Waals surface area contributed by atoms with E-state index in [0.29, 0.717) is 51.4 Å². The normalized spacial score (nSPS) is 10.7. The van der Waals surface area contributed by atoms with Gasteiger partial charge in [-0.15, -0.1) is 0 Å². The van der Waals surface area contributed by atoms with Crippen LogP contribution >= 0.6 is 0 Å². The summed E-state index contributed by atoms with van der Waals surface area (Å²) in [5.74, 6) is 1.68. The van der Waals surface area contributed by atoms with Gasteiger partial charge in [0.15, 0.2) is 17.3 Å². The Hall–Kier alpha value is -4.92. The maximum Gasteiger partial charge on any atom is 0.203 e. The SMILES string of the molecule is COc1cc(Nc2ncccc2C(=O)/C=C/c2cccnc2Nc2ccc(F)cc2)cc(OC)c1OC. The van der Waals surface area contributed by atoms with Gasteiger partial charge in [-0.2, -0.15) is 0 Å². The third-order valence-electron chi connectivity index (χ3n) is 5.36. The Morgan fingerprint density at radius 1 is 0.811 bits per heavy atom. The molecule has 0 bridgehead atoms. The maximum atomic E-state index is 13.2. The fraction of sp³-hybridized carbons (Fsp3) is 0.107. The van der Waals surface area contributed by atoms with Crippen LogP contribution in [0.1, 0.15) is 15.9 Å². The smallest absolute Gasteiger partial charge is 0.203 e. The van der Waals surface area contributed by atoms with Crippen LogP contribution in [0.3, 0.4) is 0 Å². The van der Waals surface area contributed by atoms with Crippen LogP contribution in [0.25, 0.3) is 6.08 Å². The number of benzene rings is 2. The standard InChI is InChI=1S/C28H25FN4O4/c1-35-24-16-21(17-25(36-2)26(24)37-3)33-28-22(7-5-15-31-28)23(34)13-8-18-6-4-14-30-27(18)32-20-11-9-19(29)10-12-20/h4-17H,1-3H3,(H,30,32)(H,31,33)/b13-8+. The minimum absolute atomic E-state index is 0.264. The molecule has 4 aromatic rings. The third-order valence-corrected chi connectivity index (χ3v) is 5.36. The van der Waals surface area contributed by atoms with E-state index in [4.69, 9.17) is 14.2 Å². The zero-order valence-corrected chi connectivity index (χ0v) is 20.5. The molecule has 2 aromatic heterocycles. The van der Waals surface area contributed by atoms with Gasteiger partial charge in [0, 0.05) is 41.5 Å². The third kappa shape index (κ3) is 6.02. The highest BCUT2D eigenvalue weighted by Gasteiger charge is 2.16. The average Bonchev–Trinajstić information content (AvgIpc) is 2.93. The molecule has 2 aromatic carbocycles. The summed E-state index contributed by atoms with van der Waals surface area (Å²) in [4.78, 5) is 21.9. The predicted molar refractivity (Wildman–Crippen MR) is 141 cm³/mol. The van der Waals surface area contributed by atoms with Gasteiger partial charge in [-0.1, -0.05) is 0 Å². The van der Waals surface area contributed by atoms with Gasteiger partial charge < -0.3 is 24.8 Å². The molecule has 8 nitrogen and oxygen atoms in total. The van der Waals surface area contributed by atoms with Gasteiger partial charge in [-0.05, 0) is 60.7 Å². The van der Waals surface area contributed by atoms with Gasteiger partial charge in [0.1, 0.15) is 17.5 Å². The Morgan fingerprint density at radius 3 is 2.08 bits per heavy atom. The van der Waals surface area contributed by atoms with Gasteiger partial charge in [0.25, 0.3) is 0 Å². The van der Waals surface area contributed by atoms with Gasteiger partial charge >= 0.3 is 0 Å². The van der Waals surface area contributed by atoms with E-state index < -0.39 is 0 Å². The molecule has 188 valence electrons. The fourth-order valence-electron chi connectivity index (χ4n) is 3.58. The molecule has 0 saturated heterocycles. The Kier molecular flexibility index (Phi) is 7.95. The van der Waals surface area contributed by atoms with E-state index in [0.717, 1.165) is 0 Å². The zero-order valence-electron chi connectivity index (χ0n) is 20.5. The Bertz CT molecular complexity index is 1400. The molecule has 0 radical (unpaired) electrons. The molecule has 0 fully saturated rings. The minimum Gasteiger partial charge on any atom is -0.493 e. The summed E-state index contributed by atoms with van der Waals surface area (Å²) in [6.07, 6.45) is 6.33. The van der Waals surface area contributed by atoms with Crippen LogP contribution < -0.4 is 24.8 Å². The lowest BCUT2D eigenvalue weighted by Crippen LogP contribution is -2.04. The van der Waals surface area contributed by atoms with E-state index >= 15 is 0 Å². The van der Waals surface area contributed by atoms with E-state index in [1.165, 1.54) is 39.5 Å². The summed E-state index contributed by atoms with van der Waals surface area (Å²) >= 11 is 0. The van der Waals surface area contributed by atoms with Crippen molar-refractivity contribution in [1.82, 2.24) is 9.97 Å². The highest BCUT2D eigenvalue weighted by molar-refractivity contribution is 6.10. The van der Waals surface area contributed by atoms with Crippen molar-refractivity contribution in [2.75, 3.05) is 32.0 Å². The molecule has 0 atom stereocenters. The molecule has 0 spiro atoms. The molecule has 0 aliphatic carbocycles. The number of ether oxygens (including phenoxy) is 3. The van der Waals surface area contributed by atoms with E-state index in [1.54, 1.807) is 60.9 Å². The number of aromatic nitrogens is 2. The number of carbonyl (C=O) groups is 1. The van der Waals surface area contributed by atoms with Crippen molar-refractivity contribution in [3.63, 3.8) is 0 Å². The van der Waals surface area contributed by atoms with Crippen LogP contribution in [0.5, 0.6) is 17.2 Å². The number of allylic oxidation sites excluding steroid dienone is 1. The highest BCUT2D eigenvalue weighted by atomic mass is 19.1. The zero-order chi connectivity index (χ0) is 26.2. The van der Waals surface area contributed by atoms with Crippen LogP contribution in [0.4, 0.5) is 27.4 Å². The summed E-state index contributed by atoms with van der Waals surface area (Å²) in [6.45, 7) is 0. The average molecular weight is 501 g/mol. The van der Waals surface area contributed by atoms with Crippen LogP contribution in [-0.4, -0.2) is 37.1 Å².